The van der Waals surface area contributed by atoms with Crippen LogP contribution in [0.1, 0.15) is 17.5 Å². The number of hydrogen-bond donors (Lipinski definition) is 2. The molecule has 0 amide bonds. The highest BCUT2D eigenvalue weighted by molar-refractivity contribution is 14.0. The van der Waals surface area contributed by atoms with Crippen LogP contribution in [-0.4, -0.2) is 32.5 Å². The smallest absolute Gasteiger partial charge is 0.191 e. The molecule has 114 valence electrons. The van der Waals surface area contributed by atoms with Gasteiger partial charge in [0.15, 0.2) is 5.96 Å². The summed E-state index contributed by atoms with van der Waals surface area (Å²) in [5.41, 5.74) is 2.50. The number of nitrogens with zero attached hydrogens (tertiary/aromatic N) is 1. The summed E-state index contributed by atoms with van der Waals surface area (Å²) in [4.78, 5) is 5.38. The Balaban J connectivity index is 0.00000361. The third-order valence-corrected chi connectivity index (χ3v) is 3.54. The van der Waals surface area contributed by atoms with E-state index in [1.807, 2.05) is 0 Å². The standard InChI is InChI=1S/C14H22FN3S.HI/c1-11-5-6-12(13(9-11)19-3)10-18-14(16-2)17-8-4-7-15;/h5-6,9H,4,7-8,10H2,1-3H3,(H2,16,17,18);1H. The highest BCUT2D eigenvalue weighted by Crippen LogP contribution is 2.21. The van der Waals surface area contributed by atoms with Gasteiger partial charge in [-0.15, -0.1) is 35.7 Å². The van der Waals surface area contributed by atoms with Crippen molar-refractivity contribution in [3.8, 4) is 0 Å². The summed E-state index contributed by atoms with van der Waals surface area (Å²) in [6, 6.07) is 6.42. The van der Waals surface area contributed by atoms with Crippen LogP contribution in [0.25, 0.3) is 0 Å². The van der Waals surface area contributed by atoms with Gasteiger partial charge in [0.25, 0.3) is 0 Å². The molecule has 1 aromatic rings. The van der Waals surface area contributed by atoms with Gasteiger partial charge in [0.2, 0.25) is 0 Å². The SMILES string of the molecule is CN=C(NCCCF)NCc1ccc(C)cc1SC.I. The van der Waals surface area contributed by atoms with Gasteiger partial charge in [-0.2, -0.15) is 0 Å². The van der Waals surface area contributed by atoms with Crippen molar-refractivity contribution < 1.29 is 4.39 Å². The second-order valence-corrected chi connectivity index (χ2v) is 5.06. The maximum atomic E-state index is 12.0. The molecular weight excluding hydrogens is 388 g/mol. The first kappa shape index (κ1) is 19.5. The summed E-state index contributed by atoms with van der Waals surface area (Å²) in [6.07, 6.45) is 2.58. The van der Waals surface area contributed by atoms with Gasteiger partial charge >= 0.3 is 0 Å². The van der Waals surface area contributed by atoms with Crippen LogP contribution in [0.4, 0.5) is 4.39 Å². The summed E-state index contributed by atoms with van der Waals surface area (Å²) in [6.45, 7) is 3.10. The molecule has 3 nitrogen and oxygen atoms in total. The van der Waals surface area contributed by atoms with Crippen molar-refractivity contribution in [3.05, 3.63) is 29.3 Å². The molecule has 0 spiro atoms. The first-order chi connectivity index (χ1) is 9.21. The molecule has 20 heavy (non-hydrogen) atoms. The van der Waals surface area contributed by atoms with Crippen LogP contribution in [0.15, 0.2) is 28.1 Å². The Kier molecular flexibility index (Phi) is 10.9. The zero-order valence-corrected chi connectivity index (χ0v) is 15.3. The lowest BCUT2D eigenvalue weighted by molar-refractivity contribution is 0.470. The summed E-state index contributed by atoms with van der Waals surface area (Å²) < 4.78 is 12.0. The zero-order valence-electron chi connectivity index (χ0n) is 12.2. The number of nitrogens with one attached hydrogen (secondary N) is 2. The van der Waals surface area contributed by atoms with Crippen molar-refractivity contribution in [2.75, 3.05) is 26.5 Å². The predicted molar refractivity (Wildman–Crippen MR) is 97.2 cm³/mol. The average molecular weight is 411 g/mol. The number of halogens is 2. The number of rotatable bonds is 6. The lowest BCUT2D eigenvalue weighted by atomic mass is 10.1. The minimum absolute atomic E-state index is 0. The number of alkyl halides is 1. The first-order valence-electron chi connectivity index (χ1n) is 6.35. The molecule has 0 aliphatic rings. The molecule has 0 aromatic heterocycles. The Morgan fingerprint density at radius 2 is 2.10 bits per heavy atom. The Bertz CT molecular complexity index is 427. The molecule has 0 saturated heterocycles. The minimum atomic E-state index is -0.307. The number of guanidine groups is 1. The van der Waals surface area contributed by atoms with Crippen LogP contribution in [0.5, 0.6) is 0 Å². The van der Waals surface area contributed by atoms with E-state index in [0.717, 1.165) is 0 Å². The van der Waals surface area contributed by atoms with Crippen molar-refractivity contribution >= 4 is 41.7 Å². The van der Waals surface area contributed by atoms with Crippen LogP contribution >= 0.6 is 35.7 Å². The maximum absolute atomic E-state index is 12.0. The van der Waals surface area contributed by atoms with Gasteiger partial charge < -0.3 is 10.6 Å². The van der Waals surface area contributed by atoms with Crippen LogP contribution in [-0.2, 0) is 6.54 Å². The van der Waals surface area contributed by atoms with E-state index in [2.05, 4.69) is 47.0 Å². The van der Waals surface area contributed by atoms with Crippen LogP contribution in [0.2, 0.25) is 0 Å². The van der Waals surface area contributed by atoms with Gasteiger partial charge in [0.05, 0.1) is 6.67 Å². The van der Waals surface area contributed by atoms with Gasteiger partial charge in [-0.05, 0) is 36.8 Å². The Hall–Kier alpha value is -0.500. The summed E-state index contributed by atoms with van der Waals surface area (Å²) in [7, 11) is 1.72. The number of hydrogen-bond acceptors (Lipinski definition) is 2. The van der Waals surface area contributed by atoms with E-state index in [-0.39, 0.29) is 30.7 Å². The Morgan fingerprint density at radius 1 is 1.35 bits per heavy atom. The van der Waals surface area contributed by atoms with Crippen molar-refractivity contribution in [3.63, 3.8) is 0 Å². The van der Waals surface area contributed by atoms with Gasteiger partial charge in [-0.3, -0.25) is 9.38 Å². The molecule has 0 unspecified atom stereocenters. The first-order valence-corrected chi connectivity index (χ1v) is 7.57. The highest BCUT2D eigenvalue weighted by atomic mass is 127. The molecule has 0 aliphatic heterocycles. The molecule has 0 radical (unpaired) electrons. The largest absolute Gasteiger partial charge is 0.356 e. The van der Waals surface area contributed by atoms with E-state index < -0.39 is 0 Å². The number of benzene rings is 1. The van der Waals surface area contributed by atoms with Gasteiger partial charge in [0, 0.05) is 25.0 Å². The average Bonchev–Trinajstić information content (AvgIpc) is 2.43. The van der Waals surface area contributed by atoms with E-state index in [1.54, 1.807) is 18.8 Å². The number of aryl methyl sites for hydroxylation is 1. The van der Waals surface area contributed by atoms with E-state index in [1.165, 1.54) is 16.0 Å². The number of aliphatic imine (C=N–C) groups is 1. The summed E-state index contributed by atoms with van der Waals surface area (Å²) in [5, 5.41) is 6.32. The van der Waals surface area contributed by atoms with E-state index in [4.69, 9.17) is 0 Å². The fourth-order valence-corrected chi connectivity index (χ4v) is 2.38. The molecule has 0 aliphatic carbocycles. The zero-order chi connectivity index (χ0) is 14.1. The maximum Gasteiger partial charge on any atom is 0.191 e. The Morgan fingerprint density at radius 3 is 2.70 bits per heavy atom. The van der Waals surface area contributed by atoms with Crippen LogP contribution in [0.3, 0.4) is 0 Å². The second kappa shape index (κ2) is 11.2. The fraction of sp³-hybridized carbons (Fsp3) is 0.500. The van der Waals surface area contributed by atoms with Crippen molar-refractivity contribution in [2.24, 2.45) is 4.99 Å². The molecule has 0 fully saturated rings. The van der Waals surface area contributed by atoms with Crippen LogP contribution in [0, 0.1) is 6.92 Å². The lowest BCUT2D eigenvalue weighted by Crippen LogP contribution is -2.37. The molecule has 0 heterocycles. The van der Waals surface area contributed by atoms with Gasteiger partial charge in [-0.25, -0.2) is 0 Å². The van der Waals surface area contributed by atoms with Crippen LogP contribution < -0.4 is 10.6 Å². The third kappa shape index (κ3) is 6.78. The minimum Gasteiger partial charge on any atom is -0.356 e. The van der Waals surface area contributed by atoms with E-state index in [9.17, 15) is 4.39 Å². The van der Waals surface area contributed by atoms with Gasteiger partial charge in [-0.1, -0.05) is 12.1 Å². The summed E-state index contributed by atoms with van der Waals surface area (Å²) in [5.74, 6) is 0.709. The monoisotopic (exact) mass is 411 g/mol. The molecule has 6 heteroatoms. The highest BCUT2D eigenvalue weighted by Gasteiger charge is 2.03. The van der Waals surface area contributed by atoms with Gasteiger partial charge in [0.1, 0.15) is 0 Å². The normalized spacial score (nSPS) is 10.9. The molecule has 1 rings (SSSR count). The summed E-state index contributed by atoms with van der Waals surface area (Å²) >= 11 is 1.74. The van der Waals surface area contributed by atoms with Crippen molar-refractivity contribution in [1.82, 2.24) is 10.6 Å². The number of thioether (sulfide) groups is 1. The Labute approximate surface area is 142 Å². The topological polar surface area (TPSA) is 36.4 Å². The fourth-order valence-electron chi connectivity index (χ4n) is 1.67. The predicted octanol–water partition coefficient (Wildman–Crippen LogP) is 3.36. The van der Waals surface area contributed by atoms with E-state index >= 15 is 0 Å². The second-order valence-electron chi connectivity index (χ2n) is 4.21. The molecule has 2 N–H and O–H groups in total. The molecule has 0 saturated carbocycles. The van der Waals surface area contributed by atoms with E-state index in [0.29, 0.717) is 25.5 Å². The third-order valence-electron chi connectivity index (χ3n) is 2.72. The molecular formula is C14H23FIN3S. The molecule has 0 bridgehead atoms. The lowest BCUT2D eigenvalue weighted by Gasteiger charge is -2.13. The quantitative estimate of drug-likeness (QED) is 0.248. The van der Waals surface area contributed by atoms with Crippen molar-refractivity contribution in [1.29, 1.82) is 0 Å². The molecule has 0 atom stereocenters. The molecule has 1 aromatic carbocycles. The van der Waals surface area contributed by atoms with Crippen molar-refractivity contribution in [2.45, 2.75) is 24.8 Å².